The van der Waals surface area contributed by atoms with Crippen LogP contribution in [-0.4, -0.2) is 33.7 Å². The smallest absolute Gasteiger partial charge is 0.325 e. The van der Waals surface area contributed by atoms with Gasteiger partial charge in [0.1, 0.15) is 5.54 Å². The highest BCUT2D eigenvalue weighted by atomic mass is 16.2. The molecule has 1 aromatic carbocycles. The minimum atomic E-state index is -1.16. The van der Waals surface area contributed by atoms with Crippen LogP contribution in [0.15, 0.2) is 30.3 Å². The molecule has 6 heteroatoms. The van der Waals surface area contributed by atoms with Crippen LogP contribution in [0.2, 0.25) is 0 Å². The summed E-state index contributed by atoms with van der Waals surface area (Å²) in [5.41, 5.74) is 3.05. The molecule has 1 N–H and O–H groups in total. The van der Waals surface area contributed by atoms with Crippen molar-refractivity contribution in [1.82, 2.24) is 14.8 Å². The molecule has 0 saturated carbocycles. The first kappa shape index (κ1) is 19.9. The summed E-state index contributed by atoms with van der Waals surface area (Å²) in [7, 11) is 0. The summed E-state index contributed by atoms with van der Waals surface area (Å²) in [5, 5.41) is 2.75. The first-order chi connectivity index (χ1) is 13.2. The van der Waals surface area contributed by atoms with E-state index in [0.29, 0.717) is 11.1 Å². The van der Waals surface area contributed by atoms with Crippen molar-refractivity contribution in [1.29, 1.82) is 0 Å². The maximum Gasteiger partial charge on any atom is 0.325 e. The number of rotatable bonds is 6. The molecule has 2 heterocycles. The largest absolute Gasteiger partial charge is 0.348 e. The molecule has 28 heavy (non-hydrogen) atoms. The zero-order valence-corrected chi connectivity index (χ0v) is 17.1. The Morgan fingerprint density at radius 3 is 2.36 bits per heavy atom. The number of imide groups is 1. The number of amides is 3. The van der Waals surface area contributed by atoms with Crippen LogP contribution in [0.4, 0.5) is 4.79 Å². The van der Waals surface area contributed by atoms with E-state index >= 15 is 0 Å². The van der Waals surface area contributed by atoms with Crippen LogP contribution < -0.4 is 5.32 Å². The van der Waals surface area contributed by atoms with E-state index < -0.39 is 17.5 Å². The van der Waals surface area contributed by atoms with E-state index in [0.717, 1.165) is 34.8 Å². The molecule has 1 unspecified atom stereocenters. The third-order valence-corrected chi connectivity index (χ3v) is 5.53. The van der Waals surface area contributed by atoms with Gasteiger partial charge in [-0.1, -0.05) is 36.8 Å². The van der Waals surface area contributed by atoms with Crippen LogP contribution in [0.5, 0.6) is 0 Å². The summed E-state index contributed by atoms with van der Waals surface area (Å²) in [6.07, 6.45) is 0.964. The van der Waals surface area contributed by atoms with Gasteiger partial charge in [0.15, 0.2) is 5.78 Å². The highest BCUT2D eigenvalue weighted by Crippen LogP contribution is 2.29. The molecule has 6 nitrogen and oxygen atoms in total. The van der Waals surface area contributed by atoms with Gasteiger partial charge in [0, 0.05) is 23.5 Å². The number of hydrogen-bond donors (Lipinski definition) is 1. The van der Waals surface area contributed by atoms with Gasteiger partial charge in [0.05, 0.1) is 6.54 Å². The molecule has 3 rings (SSSR count). The number of carbonyl (C=O) groups excluding carboxylic acids is 3. The molecule has 148 valence electrons. The second-order valence-electron chi connectivity index (χ2n) is 7.67. The third-order valence-electron chi connectivity index (χ3n) is 5.53. The van der Waals surface area contributed by atoms with Gasteiger partial charge in [0.2, 0.25) is 0 Å². The Hall–Kier alpha value is -2.89. The second kappa shape index (κ2) is 7.26. The van der Waals surface area contributed by atoms with Crippen LogP contribution in [0.3, 0.4) is 0 Å². The van der Waals surface area contributed by atoms with Gasteiger partial charge in [0.25, 0.3) is 5.91 Å². The molecule has 1 aliphatic heterocycles. The summed E-state index contributed by atoms with van der Waals surface area (Å²) < 4.78 is 2.09. The van der Waals surface area contributed by atoms with E-state index in [1.54, 1.807) is 6.92 Å². The molecule has 0 bridgehead atoms. The first-order valence-corrected chi connectivity index (χ1v) is 9.60. The van der Waals surface area contributed by atoms with Gasteiger partial charge in [-0.25, -0.2) is 4.79 Å². The maximum atomic E-state index is 13.0. The Morgan fingerprint density at radius 1 is 1.11 bits per heavy atom. The minimum Gasteiger partial charge on any atom is -0.348 e. The van der Waals surface area contributed by atoms with Crippen molar-refractivity contribution < 1.29 is 14.4 Å². The van der Waals surface area contributed by atoms with Gasteiger partial charge in [-0.2, -0.15) is 0 Å². The van der Waals surface area contributed by atoms with E-state index in [9.17, 15) is 14.4 Å². The monoisotopic (exact) mass is 381 g/mol. The highest BCUT2D eigenvalue weighted by Gasteiger charge is 2.49. The van der Waals surface area contributed by atoms with E-state index in [1.807, 2.05) is 51.1 Å². The number of urea groups is 1. The first-order valence-electron chi connectivity index (χ1n) is 9.60. The van der Waals surface area contributed by atoms with E-state index in [-0.39, 0.29) is 12.3 Å². The van der Waals surface area contributed by atoms with Crippen molar-refractivity contribution in [3.8, 4) is 0 Å². The number of benzene rings is 1. The van der Waals surface area contributed by atoms with Crippen LogP contribution in [0.1, 0.15) is 53.1 Å². The average Bonchev–Trinajstić information content (AvgIpc) is 3.05. The van der Waals surface area contributed by atoms with E-state index in [4.69, 9.17) is 0 Å². The molecule has 0 radical (unpaired) electrons. The Bertz CT molecular complexity index is 943. The van der Waals surface area contributed by atoms with Gasteiger partial charge in [-0.15, -0.1) is 0 Å². The summed E-state index contributed by atoms with van der Waals surface area (Å²) in [6, 6.07) is 8.76. The zero-order chi connectivity index (χ0) is 20.6. The number of aryl methyl sites for hydroxylation is 2. The maximum absolute atomic E-state index is 13.0. The molecule has 1 aromatic heterocycles. The zero-order valence-electron chi connectivity index (χ0n) is 17.1. The topological polar surface area (TPSA) is 71.4 Å². The predicted molar refractivity (Wildman–Crippen MR) is 107 cm³/mol. The standard InChI is InChI=1S/C22H27N3O3/c1-6-11-24-15(3)12-18(16(24)4)19(26)13-25-20(27)22(5,23-21(25)28)17-9-7-14(2)8-10-17/h7-10,12H,6,11,13H2,1-5H3,(H,23,28). The number of nitrogens with zero attached hydrogens (tertiary/aromatic N) is 2. The number of Topliss-reactive ketones (excluding diaryl/α,β-unsaturated/α-hetero) is 1. The Labute approximate surface area is 165 Å². The van der Waals surface area contributed by atoms with Gasteiger partial charge < -0.3 is 9.88 Å². The molecular weight excluding hydrogens is 354 g/mol. The minimum absolute atomic E-state index is 0.230. The number of hydrogen-bond acceptors (Lipinski definition) is 3. The molecule has 0 spiro atoms. The lowest BCUT2D eigenvalue weighted by atomic mass is 9.91. The van der Waals surface area contributed by atoms with Crippen molar-refractivity contribution >= 4 is 17.7 Å². The summed E-state index contributed by atoms with van der Waals surface area (Å²) in [6.45, 7) is 10.2. The summed E-state index contributed by atoms with van der Waals surface area (Å²) in [4.78, 5) is 39.4. The molecule has 1 aliphatic rings. The lowest BCUT2D eigenvalue weighted by molar-refractivity contribution is -0.130. The van der Waals surface area contributed by atoms with Crippen molar-refractivity contribution in [3.05, 3.63) is 58.4 Å². The Kier molecular flexibility index (Phi) is 5.15. The SMILES string of the molecule is CCCn1c(C)cc(C(=O)CN2C(=O)NC(C)(c3ccc(C)cc3)C2=O)c1C. The highest BCUT2D eigenvalue weighted by molar-refractivity contribution is 6.11. The average molecular weight is 381 g/mol. The van der Waals surface area contributed by atoms with E-state index in [1.165, 1.54) is 0 Å². The number of nitrogens with one attached hydrogen (secondary N) is 1. The lowest BCUT2D eigenvalue weighted by Gasteiger charge is -2.22. The fourth-order valence-corrected chi connectivity index (χ4v) is 3.80. The fourth-order valence-electron chi connectivity index (χ4n) is 3.80. The Balaban J connectivity index is 1.84. The normalized spacial score (nSPS) is 19.2. The quantitative estimate of drug-likeness (QED) is 0.615. The van der Waals surface area contributed by atoms with Crippen molar-refractivity contribution in [2.75, 3.05) is 6.54 Å². The molecule has 1 atom stereocenters. The predicted octanol–water partition coefficient (Wildman–Crippen LogP) is 3.47. The van der Waals surface area contributed by atoms with E-state index in [2.05, 4.69) is 16.8 Å². The van der Waals surface area contributed by atoms with Crippen LogP contribution >= 0.6 is 0 Å². The van der Waals surface area contributed by atoms with Crippen LogP contribution in [0, 0.1) is 20.8 Å². The van der Waals surface area contributed by atoms with Crippen LogP contribution in [-0.2, 0) is 16.9 Å². The third kappa shape index (κ3) is 3.23. The fraction of sp³-hybridized carbons (Fsp3) is 0.409. The lowest BCUT2D eigenvalue weighted by Crippen LogP contribution is -2.41. The van der Waals surface area contributed by atoms with Crippen molar-refractivity contribution in [2.45, 2.75) is 53.1 Å². The van der Waals surface area contributed by atoms with Gasteiger partial charge >= 0.3 is 6.03 Å². The number of ketones is 1. The summed E-state index contributed by atoms with van der Waals surface area (Å²) >= 11 is 0. The Morgan fingerprint density at radius 2 is 1.75 bits per heavy atom. The molecular formula is C22H27N3O3. The summed E-state index contributed by atoms with van der Waals surface area (Å²) in [5.74, 6) is -0.635. The number of aromatic nitrogens is 1. The molecule has 1 saturated heterocycles. The molecule has 3 amide bonds. The van der Waals surface area contributed by atoms with Crippen molar-refractivity contribution in [2.24, 2.45) is 0 Å². The van der Waals surface area contributed by atoms with Crippen LogP contribution in [0.25, 0.3) is 0 Å². The number of carbonyl (C=O) groups is 3. The molecule has 2 aromatic rings. The molecule has 1 fully saturated rings. The van der Waals surface area contributed by atoms with Gasteiger partial charge in [-0.05, 0) is 45.7 Å². The van der Waals surface area contributed by atoms with Gasteiger partial charge in [-0.3, -0.25) is 14.5 Å². The molecule has 0 aliphatic carbocycles. The second-order valence-corrected chi connectivity index (χ2v) is 7.67. The van der Waals surface area contributed by atoms with Crippen molar-refractivity contribution in [3.63, 3.8) is 0 Å².